The first-order chi connectivity index (χ1) is 6.77. The molecule has 2 nitrogen and oxygen atoms in total. The first kappa shape index (κ1) is 9.58. The minimum absolute atomic E-state index is 0.00825. The van der Waals surface area contributed by atoms with Crippen molar-refractivity contribution in [2.75, 3.05) is 0 Å². The molecule has 0 amide bonds. The Kier molecular flexibility index (Phi) is 2.77. The second-order valence-corrected chi connectivity index (χ2v) is 4.27. The van der Waals surface area contributed by atoms with Crippen molar-refractivity contribution in [3.63, 3.8) is 0 Å². The smallest absolute Gasteiger partial charge is 0.314 e. The first-order valence-electron chi connectivity index (χ1n) is 5.49. The molecule has 0 aromatic carbocycles. The molecule has 0 N–H and O–H groups in total. The normalized spacial score (nSPS) is 32.5. The van der Waals surface area contributed by atoms with Crippen LogP contribution in [0.25, 0.3) is 0 Å². The highest BCUT2D eigenvalue weighted by molar-refractivity contribution is 5.79. The van der Waals surface area contributed by atoms with E-state index in [9.17, 15) is 4.79 Å². The maximum absolute atomic E-state index is 10.8. The Morgan fingerprint density at radius 2 is 1.93 bits per heavy atom. The van der Waals surface area contributed by atoms with Crippen LogP contribution in [0.3, 0.4) is 0 Å². The zero-order chi connectivity index (χ0) is 9.97. The van der Waals surface area contributed by atoms with Crippen LogP contribution in [0.5, 0.6) is 0 Å². The number of ether oxygens (including phenoxy) is 1. The molecule has 2 fully saturated rings. The Labute approximate surface area is 85.0 Å². The average molecular weight is 192 g/mol. The van der Waals surface area contributed by atoms with E-state index < -0.39 is 0 Å². The minimum Gasteiger partial charge on any atom is -0.448 e. The molecule has 14 heavy (non-hydrogen) atoms. The third-order valence-corrected chi connectivity index (χ3v) is 3.10. The van der Waals surface area contributed by atoms with Crippen molar-refractivity contribution in [1.82, 2.24) is 0 Å². The molecule has 2 heteroatoms. The van der Waals surface area contributed by atoms with Gasteiger partial charge in [0.1, 0.15) is 5.92 Å². The van der Waals surface area contributed by atoms with Crippen molar-refractivity contribution in [3.05, 3.63) is 0 Å². The number of carbonyl (C=O) groups is 1. The van der Waals surface area contributed by atoms with Gasteiger partial charge in [-0.1, -0.05) is 31.1 Å². The Bertz CT molecular complexity index is 278. The summed E-state index contributed by atoms with van der Waals surface area (Å²) in [6.07, 6.45) is 6.29. The zero-order valence-electron chi connectivity index (χ0n) is 8.58. The quantitative estimate of drug-likeness (QED) is 0.434. The van der Waals surface area contributed by atoms with E-state index in [4.69, 9.17) is 4.74 Å². The highest BCUT2D eigenvalue weighted by atomic mass is 16.6. The topological polar surface area (TPSA) is 26.3 Å². The van der Waals surface area contributed by atoms with Crippen molar-refractivity contribution >= 4 is 5.97 Å². The summed E-state index contributed by atoms with van der Waals surface area (Å²) in [7, 11) is 0. The summed E-state index contributed by atoms with van der Waals surface area (Å²) >= 11 is 0. The molecule has 0 radical (unpaired) electrons. The number of esters is 1. The van der Waals surface area contributed by atoms with Crippen molar-refractivity contribution in [2.45, 2.75) is 45.1 Å². The fourth-order valence-corrected chi connectivity index (χ4v) is 1.99. The lowest BCUT2D eigenvalue weighted by atomic mass is 9.89. The summed E-state index contributed by atoms with van der Waals surface area (Å²) in [6.45, 7) is 1.88. The summed E-state index contributed by atoms with van der Waals surface area (Å²) in [6, 6.07) is 0. The molecule has 2 rings (SSSR count). The van der Waals surface area contributed by atoms with Crippen LogP contribution in [-0.2, 0) is 9.53 Å². The van der Waals surface area contributed by atoms with Crippen LogP contribution in [0, 0.1) is 23.7 Å². The van der Waals surface area contributed by atoms with Gasteiger partial charge >= 0.3 is 5.97 Å². The largest absolute Gasteiger partial charge is 0.448 e. The lowest BCUT2D eigenvalue weighted by Crippen LogP contribution is -2.42. The van der Waals surface area contributed by atoms with Crippen molar-refractivity contribution in [2.24, 2.45) is 11.8 Å². The molecule has 1 aliphatic heterocycles. The SMILES string of the molecule is CC1C(=O)OC1C#CC1CCCCC1. The van der Waals surface area contributed by atoms with Gasteiger partial charge in [0.15, 0.2) is 6.10 Å². The Morgan fingerprint density at radius 1 is 1.21 bits per heavy atom. The van der Waals surface area contributed by atoms with Crippen LogP contribution in [-0.4, -0.2) is 12.1 Å². The minimum atomic E-state index is -0.121. The fraction of sp³-hybridized carbons (Fsp3) is 0.750. The molecule has 2 unspecified atom stereocenters. The maximum atomic E-state index is 10.8. The van der Waals surface area contributed by atoms with Gasteiger partial charge in [0.25, 0.3) is 0 Å². The average Bonchev–Trinajstić information content (AvgIpc) is 2.25. The number of carbonyl (C=O) groups excluding carboxylic acids is 1. The van der Waals surface area contributed by atoms with Crippen molar-refractivity contribution in [1.29, 1.82) is 0 Å². The van der Waals surface area contributed by atoms with E-state index in [2.05, 4.69) is 11.8 Å². The van der Waals surface area contributed by atoms with Crippen LogP contribution in [0.1, 0.15) is 39.0 Å². The van der Waals surface area contributed by atoms with Crippen molar-refractivity contribution < 1.29 is 9.53 Å². The van der Waals surface area contributed by atoms with E-state index in [1.807, 2.05) is 6.92 Å². The molecule has 0 aromatic heterocycles. The van der Waals surface area contributed by atoms with E-state index in [1.54, 1.807) is 0 Å². The lowest BCUT2D eigenvalue weighted by Gasteiger charge is -2.28. The first-order valence-corrected chi connectivity index (χ1v) is 5.49. The highest BCUT2D eigenvalue weighted by Gasteiger charge is 2.37. The van der Waals surface area contributed by atoms with E-state index in [0.29, 0.717) is 5.92 Å². The molecular weight excluding hydrogens is 176 g/mol. The van der Waals surface area contributed by atoms with Crippen LogP contribution < -0.4 is 0 Å². The second kappa shape index (κ2) is 4.04. The van der Waals surface area contributed by atoms with Gasteiger partial charge in [-0.05, 0) is 19.8 Å². The fourth-order valence-electron chi connectivity index (χ4n) is 1.99. The van der Waals surface area contributed by atoms with Crippen LogP contribution in [0.15, 0.2) is 0 Å². The zero-order valence-corrected chi connectivity index (χ0v) is 8.58. The molecular formula is C12H16O2. The van der Waals surface area contributed by atoms with Gasteiger partial charge in [-0.25, -0.2) is 0 Å². The van der Waals surface area contributed by atoms with Crippen LogP contribution in [0.4, 0.5) is 0 Å². The number of rotatable bonds is 0. The molecule has 1 aliphatic carbocycles. The van der Waals surface area contributed by atoms with Gasteiger partial charge in [0.05, 0.1) is 0 Å². The monoisotopic (exact) mass is 192 g/mol. The van der Waals surface area contributed by atoms with Crippen LogP contribution in [0.2, 0.25) is 0 Å². The second-order valence-electron chi connectivity index (χ2n) is 4.27. The van der Waals surface area contributed by atoms with Crippen LogP contribution >= 0.6 is 0 Å². The Morgan fingerprint density at radius 3 is 2.50 bits per heavy atom. The molecule has 1 saturated carbocycles. The highest BCUT2D eigenvalue weighted by Crippen LogP contribution is 2.24. The van der Waals surface area contributed by atoms with Gasteiger partial charge < -0.3 is 4.74 Å². The maximum Gasteiger partial charge on any atom is 0.314 e. The van der Waals surface area contributed by atoms with Crippen molar-refractivity contribution in [3.8, 4) is 11.8 Å². The van der Waals surface area contributed by atoms with Gasteiger partial charge in [-0.3, -0.25) is 4.79 Å². The molecule has 0 aromatic rings. The van der Waals surface area contributed by atoms with E-state index >= 15 is 0 Å². The Balaban J connectivity index is 1.84. The molecule has 2 atom stereocenters. The van der Waals surface area contributed by atoms with E-state index in [1.165, 1.54) is 32.1 Å². The number of cyclic esters (lactones) is 1. The number of hydrogen-bond donors (Lipinski definition) is 0. The molecule has 2 aliphatic rings. The standard InChI is InChI=1S/C12H16O2/c1-9-11(14-12(9)13)8-7-10-5-3-2-4-6-10/h9-11H,2-6H2,1H3. The summed E-state index contributed by atoms with van der Waals surface area (Å²) in [5, 5.41) is 0. The molecule has 0 bridgehead atoms. The van der Waals surface area contributed by atoms with Gasteiger partial charge in [0.2, 0.25) is 0 Å². The molecule has 0 spiro atoms. The Hall–Kier alpha value is -0.970. The van der Waals surface area contributed by atoms with Gasteiger partial charge in [0, 0.05) is 5.92 Å². The molecule has 1 heterocycles. The molecule has 76 valence electrons. The van der Waals surface area contributed by atoms with Gasteiger partial charge in [-0.15, -0.1) is 0 Å². The summed E-state index contributed by atoms with van der Waals surface area (Å²) in [5.41, 5.74) is 0. The summed E-state index contributed by atoms with van der Waals surface area (Å²) < 4.78 is 4.93. The summed E-state index contributed by atoms with van der Waals surface area (Å²) in [4.78, 5) is 10.8. The third kappa shape index (κ3) is 1.92. The third-order valence-electron chi connectivity index (χ3n) is 3.10. The van der Waals surface area contributed by atoms with Gasteiger partial charge in [-0.2, -0.15) is 0 Å². The predicted molar refractivity (Wildman–Crippen MR) is 53.4 cm³/mol. The van der Waals surface area contributed by atoms with E-state index in [-0.39, 0.29) is 18.0 Å². The number of hydrogen-bond acceptors (Lipinski definition) is 2. The lowest BCUT2D eigenvalue weighted by molar-refractivity contribution is -0.175. The summed E-state index contributed by atoms with van der Waals surface area (Å²) in [5.74, 6) is 6.76. The van der Waals surface area contributed by atoms with E-state index in [0.717, 1.165) is 0 Å². The molecule has 1 saturated heterocycles. The predicted octanol–water partition coefficient (Wildman–Crippen LogP) is 2.13.